The second kappa shape index (κ2) is 44.9. The van der Waals surface area contributed by atoms with Gasteiger partial charge in [-0.1, -0.05) is 120 Å². The van der Waals surface area contributed by atoms with Crippen LogP contribution in [0.25, 0.3) is 0 Å². The number of carbonyl (C=O) groups is 7. The molecule has 10 N–H and O–H groups in total. The zero-order valence-electron chi connectivity index (χ0n) is 74.3. The van der Waals surface area contributed by atoms with Gasteiger partial charge < -0.3 is 86.3 Å². The number of guanidine groups is 4. The molecule has 0 spiro atoms. The molecule has 0 aromatic heterocycles. The fourth-order valence-electron chi connectivity index (χ4n) is 18.6. The number of benzene rings is 2. The smallest absolute Gasteiger partial charge is 0.405 e. The predicted molar refractivity (Wildman–Crippen MR) is 503 cm³/mol. The summed E-state index contributed by atoms with van der Waals surface area (Å²) in [6, 6.07) is 24.0. The molecule has 10 aliphatic heterocycles. The molecule has 0 radical (unpaired) electrons. The Morgan fingerprint density at radius 2 is 1.14 bits per heavy atom. The van der Waals surface area contributed by atoms with Crippen molar-refractivity contribution in [1.82, 2.24) is 61.7 Å². The molecule has 10 heterocycles. The molecule has 11 aliphatic rings. The summed E-state index contributed by atoms with van der Waals surface area (Å²) in [6.45, 7) is 23.2. The van der Waals surface area contributed by atoms with Crippen LogP contribution in [-0.4, -0.2) is 314 Å². The number of thioether (sulfide) groups is 4. The fraction of sp³-hybridized carbons (Fsp3) is 0.637. The number of nitrogens with zero attached hydrogens (tertiary/aromatic N) is 9. The largest absolute Gasteiger partial charge is 0.439 e. The Morgan fingerprint density at radius 1 is 0.640 bits per heavy atom. The number of hydrogen-bond donors (Lipinski definition) is 9. The van der Waals surface area contributed by atoms with Crippen LogP contribution in [0.5, 0.6) is 0 Å². The van der Waals surface area contributed by atoms with Gasteiger partial charge in [-0.25, -0.2) is 24.8 Å². The number of aliphatic hydroxyl groups excluding tert-OH is 1. The Bertz CT molecular complexity index is 4360. The first-order valence-electron chi connectivity index (χ1n) is 45.2. The molecule has 2 aromatic carbocycles. The number of ketones is 2. The van der Waals surface area contributed by atoms with Crippen molar-refractivity contribution in [3.8, 4) is 0 Å². The molecule has 29 nitrogen and oxygen atoms in total. The van der Waals surface area contributed by atoms with Crippen LogP contribution < -0.4 is 53.3 Å². The van der Waals surface area contributed by atoms with E-state index >= 15 is 0 Å². The fourth-order valence-corrected chi connectivity index (χ4v) is 28.0. The summed E-state index contributed by atoms with van der Waals surface area (Å²) in [6.07, 6.45) is 12.5. The van der Waals surface area contributed by atoms with E-state index in [9.17, 15) is 38.7 Å². The van der Waals surface area contributed by atoms with Crippen LogP contribution in [0.15, 0.2) is 139 Å². The van der Waals surface area contributed by atoms with Crippen molar-refractivity contribution in [2.75, 3.05) is 133 Å². The van der Waals surface area contributed by atoms with Gasteiger partial charge >= 0.3 is 6.09 Å². The molecule has 5 saturated heterocycles. The highest BCUT2D eigenvalue weighted by Crippen LogP contribution is 2.39. The van der Waals surface area contributed by atoms with E-state index in [2.05, 4.69) is 150 Å². The Hall–Kier alpha value is -7.83. The van der Waals surface area contributed by atoms with E-state index in [1.54, 1.807) is 26.0 Å². The molecule has 2 aromatic rings. The van der Waals surface area contributed by atoms with Gasteiger partial charge in [0.25, 0.3) is 14.2 Å². The average Bonchev–Trinajstić information content (AvgIpc) is 1.16. The van der Waals surface area contributed by atoms with Gasteiger partial charge in [-0.2, -0.15) is 35.3 Å². The third-order valence-corrected chi connectivity index (χ3v) is 35.9. The SMILES string of the molecule is CO[C@H]1/C=C\C=C(/C)C(=O)NC2=CC(=O)C(NCCCNC(=O)CCCN3C(=O)CC(SC[C@H]4CCN5CC[C@H](CSC[C@H]6CCN7CC[C@H](CSC[C@H]8CCN9CC[C@H](CSC[C@H]%10CCN%11CC[C@H](CO[Si](c%12ccccc%12)(c%12ccccc%12)C(C)(C)C)N=C%11N%10)N=C9N8)NC7=N6)NC5=N4)C3=O)=C(C[C@@H](C)C[C@H](OC)[C@H](O)[C@@H](C)/C=C(\C)[C@@H]1OC(N)=O)C2=O. The molecule has 1 unspecified atom stereocenters. The number of carbonyl (C=O) groups excluding carboxylic acids is 7. The molecule has 0 saturated carbocycles. The lowest BCUT2D eigenvalue weighted by molar-refractivity contribution is -0.138. The zero-order valence-corrected chi connectivity index (χ0v) is 78.6. The van der Waals surface area contributed by atoms with Crippen molar-refractivity contribution < 1.29 is 57.3 Å². The number of likely N-dealkylation sites (tertiary alicyclic amines) is 1. The molecule has 5 amide bonds. The standard InChI is InChI=1S/C91H133N17O12S4Si/c1-58-45-72-80(74(109)48-73(82(72)113)103-84(114)59(2)19-16-24-75(117-8)83(120-86(92)116)61(4)47-60(3)81(112)76(46-58)118-9)94-35-18-34-93-78(110)25-17-36-108-79(111)49-77(85(108)115)124-57-69-33-44-107-43-32-68(101-90(107)102-69)56-123-55-67-31-42-106-41-30-66(99-89(106)100-67)54-122-53-65-29-40-105-39-28-64(97-88(105)98-65)52-121-51-63-27-38-104-37-26-62(95-87(104)96-63)50-119-125(91(5,6)7,70-20-12-10-13-21-70)71-22-14-11-15-23-71/h10-16,19-24,47-48,58,60,62-69,75-77,81,83,94,112H,17-18,25-46,49-57H2,1-9H3,(H2,92,116)(H,93,110)(H,95,96)(H,97,98)(H,99,100)(H,101,102)(H,103,114)/b24-16-,59-19+,61-47+/t58-,60+,62-,63-,64-,65-,66-,67-,68-,69-,75+,76+,77?,81-,83+/m1/s1. The maximum atomic E-state index is 14.3. The number of allylic oxidation sites excluding steroid dienone is 4. The van der Waals surface area contributed by atoms with E-state index in [1.165, 1.54) is 60.3 Å². The Morgan fingerprint density at radius 3 is 1.66 bits per heavy atom. The lowest BCUT2D eigenvalue weighted by Gasteiger charge is -2.44. The van der Waals surface area contributed by atoms with Gasteiger partial charge in [-0.3, -0.25) is 33.7 Å². The van der Waals surface area contributed by atoms with Crippen LogP contribution in [0.4, 0.5) is 4.79 Å². The van der Waals surface area contributed by atoms with Gasteiger partial charge in [-0.15, -0.1) is 11.8 Å². The van der Waals surface area contributed by atoms with Crippen molar-refractivity contribution in [1.29, 1.82) is 0 Å². The minimum absolute atomic E-state index is 0.0123. The minimum atomic E-state index is -2.65. The molecule has 34 heteroatoms. The Labute approximate surface area is 756 Å². The molecule has 15 atom stereocenters. The van der Waals surface area contributed by atoms with Crippen molar-refractivity contribution in [2.24, 2.45) is 37.5 Å². The van der Waals surface area contributed by atoms with Gasteiger partial charge in [0.15, 0.2) is 29.9 Å². The van der Waals surface area contributed by atoms with E-state index in [0.717, 1.165) is 168 Å². The number of hydrogen-bond acceptors (Lipinski definition) is 29. The Kier molecular flexibility index (Phi) is 34.1. The van der Waals surface area contributed by atoms with Crippen molar-refractivity contribution >= 4 is 131 Å². The summed E-state index contributed by atoms with van der Waals surface area (Å²) < 4.78 is 24.3. The highest BCUT2D eigenvalue weighted by molar-refractivity contribution is 8.00. The summed E-state index contributed by atoms with van der Waals surface area (Å²) in [7, 11) is 0.246. The highest BCUT2D eigenvalue weighted by Gasteiger charge is 2.51. The summed E-state index contributed by atoms with van der Waals surface area (Å²) in [5.74, 6) is 7.62. The first kappa shape index (κ1) is 94.8. The second-order valence-corrected chi connectivity index (χ2v) is 45.0. The van der Waals surface area contributed by atoms with Crippen LogP contribution in [-0.2, 0) is 47.4 Å². The molecule has 13 rings (SSSR count). The normalized spacial score (nSPS) is 29.5. The average molecular weight is 1810 g/mol. The highest BCUT2D eigenvalue weighted by atomic mass is 32.2. The van der Waals surface area contributed by atoms with E-state index in [0.29, 0.717) is 61.0 Å². The van der Waals surface area contributed by atoms with Crippen molar-refractivity contribution in [3.63, 3.8) is 0 Å². The van der Waals surface area contributed by atoms with Crippen LogP contribution in [0.2, 0.25) is 5.04 Å². The lowest BCUT2D eigenvalue weighted by atomic mass is 9.85. The maximum Gasteiger partial charge on any atom is 0.405 e. The van der Waals surface area contributed by atoms with E-state index in [4.69, 9.17) is 44.3 Å². The number of ether oxygens (including phenoxy) is 3. The molecule has 5 fully saturated rings. The first-order valence-corrected chi connectivity index (χ1v) is 51.6. The third-order valence-electron chi connectivity index (χ3n) is 25.7. The van der Waals surface area contributed by atoms with Gasteiger partial charge in [0.2, 0.25) is 29.3 Å². The van der Waals surface area contributed by atoms with Crippen LogP contribution in [0.3, 0.4) is 0 Å². The summed E-state index contributed by atoms with van der Waals surface area (Å²) >= 11 is 7.56. The number of rotatable bonds is 32. The zero-order chi connectivity index (χ0) is 88.3. The van der Waals surface area contributed by atoms with Gasteiger partial charge in [-0.05, 0) is 118 Å². The lowest BCUT2D eigenvalue weighted by Crippen LogP contribution is -2.67. The van der Waals surface area contributed by atoms with Crippen molar-refractivity contribution in [3.05, 3.63) is 119 Å². The van der Waals surface area contributed by atoms with Gasteiger partial charge in [0.1, 0.15) is 6.10 Å². The topological polar surface area (TPSA) is 353 Å². The third kappa shape index (κ3) is 25.0. The molecular formula is C91H133N17O12S4Si. The van der Waals surface area contributed by atoms with Gasteiger partial charge in [0.05, 0.1) is 59.6 Å². The number of nitrogens with two attached hydrogens (primary N) is 1. The molecule has 2 bridgehead atoms. The van der Waals surface area contributed by atoms with Crippen LogP contribution in [0.1, 0.15) is 138 Å². The number of aliphatic imine (C=N–C) groups is 4. The van der Waals surface area contributed by atoms with E-state index < -0.39 is 67.5 Å². The summed E-state index contributed by atoms with van der Waals surface area (Å²) in [5.41, 5.74) is 6.23. The molecule has 682 valence electrons. The number of Topliss-reactive ketones (excluding diaryl/α,β-unsaturated/α-hetero) is 1. The number of fused-ring (bicyclic) bond motifs is 6. The Balaban J connectivity index is 0.492. The number of methoxy groups -OCH3 is 2. The molecular weight excluding hydrogens is 1680 g/mol. The molecule has 1 aliphatic carbocycles. The quantitative estimate of drug-likeness (QED) is 0.0125. The number of nitrogens with one attached hydrogen (secondary N) is 7. The van der Waals surface area contributed by atoms with Gasteiger partial charge in [0, 0.05) is 187 Å². The number of imide groups is 1. The monoisotopic (exact) mass is 1810 g/mol. The van der Waals surface area contributed by atoms with Crippen molar-refractivity contribution in [2.45, 2.75) is 221 Å². The van der Waals surface area contributed by atoms with Crippen LogP contribution >= 0.6 is 47.0 Å². The maximum absolute atomic E-state index is 14.3. The number of aliphatic hydroxyl groups is 1. The second-order valence-electron chi connectivity index (χ2n) is 36.2. The first-order chi connectivity index (χ1) is 60.3. The summed E-state index contributed by atoms with van der Waals surface area (Å²) in [5, 5.41) is 37.7. The predicted octanol–water partition coefficient (Wildman–Crippen LogP) is 6.44. The van der Waals surface area contributed by atoms with Crippen LogP contribution in [0, 0.1) is 11.8 Å². The van der Waals surface area contributed by atoms with E-state index in [-0.39, 0.29) is 115 Å². The number of amides is 5. The van der Waals surface area contributed by atoms with E-state index in [1.807, 2.05) is 30.4 Å². The molecule has 125 heavy (non-hydrogen) atoms. The summed E-state index contributed by atoms with van der Waals surface area (Å²) in [4.78, 5) is 126. The number of primary amides is 1. The minimum Gasteiger partial charge on any atom is -0.439 e.